The molecule has 1 aliphatic heterocycles. The minimum absolute atomic E-state index is 0.609. The Morgan fingerprint density at radius 3 is 2.67 bits per heavy atom. The van der Waals surface area contributed by atoms with E-state index >= 15 is 0 Å². The molecule has 1 aliphatic rings. The SMILES string of the molecule is C=CCn1c(-c2cccnc2)nn(C[NH+]2CCc3cc(OC)c(OC)cc3C2)c1=S. The van der Waals surface area contributed by atoms with E-state index in [2.05, 4.69) is 23.7 Å². The van der Waals surface area contributed by atoms with E-state index in [9.17, 15) is 0 Å². The van der Waals surface area contributed by atoms with E-state index in [0.29, 0.717) is 18.0 Å². The van der Waals surface area contributed by atoms with Gasteiger partial charge in [0.1, 0.15) is 6.54 Å². The number of aromatic nitrogens is 4. The van der Waals surface area contributed by atoms with Crippen LogP contribution in [0.25, 0.3) is 11.4 Å². The summed E-state index contributed by atoms with van der Waals surface area (Å²) in [5.41, 5.74) is 3.53. The number of pyridine rings is 1. The first kappa shape index (κ1) is 20.3. The quantitative estimate of drug-likeness (QED) is 0.466. The van der Waals surface area contributed by atoms with Crippen molar-refractivity contribution < 1.29 is 14.4 Å². The van der Waals surface area contributed by atoms with E-state index in [1.54, 1.807) is 20.4 Å². The smallest absolute Gasteiger partial charge is 0.203 e. The number of quaternary nitrogens is 1. The van der Waals surface area contributed by atoms with Crippen molar-refractivity contribution in [3.8, 4) is 22.9 Å². The summed E-state index contributed by atoms with van der Waals surface area (Å²) < 4.78 is 15.5. The van der Waals surface area contributed by atoms with Gasteiger partial charge in [0.2, 0.25) is 4.77 Å². The Morgan fingerprint density at radius 1 is 1.23 bits per heavy atom. The third-order valence-electron chi connectivity index (χ3n) is 5.42. The van der Waals surface area contributed by atoms with Crippen LogP contribution in [0.2, 0.25) is 0 Å². The molecule has 7 nitrogen and oxygen atoms in total. The van der Waals surface area contributed by atoms with Gasteiger partial charge in [0.25, 0.3) is 0 Å². The predicted octanol–water partition coefficient (Wildman–Crippen LogP) is 2.28. The minimum atomic E-state index is 0.609. The van der Waals surface area contributed by atoms with Crippen molar-refractivity contribution in [3.63, 3.8) is 0 Å². The van der Waals surface area contributed by atoms with E-state index in [1.807, 2.05) is 33.7 Å². The number of methoxy groups -OCH3 is 2. The van der Waals surface area contributed by atoms with Crippen LogP contribution in [-0.2, 0) is 26.2 Å². The average molecular weight is 425 g/mol. The lowest BCUT2D eigenvalue weighted by atomic mass is 9.99. The molecule has 0 radical (unpaired) electrons. The number of nitrogens with one attached hydrogen (secondary N) is 1. The Hall–Kier alpha value is -2.97. The molecule has 1 atom stereocenters. The molecule has 0 bridgehead atoms. The number of allylic oxidation sites excluding steroid dienone is 1. The topological polar surface area (TPSA) is 58.5 Å². The highest BCUT2D eigenvalue weighted by Crippen LogP contribution is 2.31. The summed E-state index contributed by atoms with van der Waals surface area (Å²) >= 11 is 5.74. The zero-order valence-corrected chi connectivity index (χ0v) is 18.1. The maximum atomic E-state index is 5.74. The standard InChI is InChI=1S/C22H25N5O2S/c1-4-9-26-21(17-6-5-8-23-13-17)24-27(22(26)30)15-25-10-7-16-11-19(28-2)20(29-3)12-18(16)14-25/h4-6,8,11-13H,1,7,9-10,14-15H2,2-3H3/p+1. The highest BCUT2D eigenvalue weighted by Gasteiger charge is 2.24. The van der Waals surface area contributed by atoms with Crippen molar-refractivity contribution in [2.45, 2.75) is 26.2 Å². The number of benzene rings is 1. The lowest BCUT2D eigenvalue weighted by Crippen LogP contribution is -3.11. The van der Waals surface area contributed by atoms with E-state index in [0.717, 1.165) is 42.4 Å². The van der Waals surface area contributed by atoms with Gasteiger partial charge >= 0.3 is 0 Å². The van der Waals surface area contributed by atoms with Crippen LogP contribution < -0.4 is 14.4 Å². The number of hydrogen-bond donors (Lipinski definition) is 1. The largest absolute Gasteiger partial charge is 0.493 e. The first-order valence-electron chi connectivity index (χ1n) is 9.91. The molecule has 156 valence electrons. The summed E-state index contributed by atoms with van der Waals surface area (Å²) in [6.07, 6.45) is 6.38. The van der Waals surface area contributed by atoms with Crippen molar-refractivity contribution in [1.29, 1.82) is 0 Å². The van der Waals surface area contributed by atoms with Crippen molar-refractivity contribution in [2.24, 2.45) is 0 Å². The van der Waals surface area contributed by atoms with Gasteiger partial charge in [0.05, 0.1) is 20.8 Å². The molecule has 0 aliphatic carbocycles. The Bertz CT molecular complexity index is 1110. The van der Waals surface area contributed by atoms with Crippen LogP contribution >= 0.6 is 12.2 Å². The van der Waals surface area contributed by atoms with Crippen molar-refractivity contribution in [2.75, 3.05) is 20.8 Å². The molecular weight excluding hydrogens is 398 g/mol. The Kier molecular flexibility index (Phi) is 5.96. The lowest BCUT2D eigenvalue weighted by molar-refractivity contribution is -0.939. The molecule has 0 spiro atoms. The highest BCUT2D eigenvalue weighted by atomic mass is 32.1. The third-order valence-corrected chi connectivity index (χ3v) is 5.85. The van der Waals surface area contributed by atoms with Gasteiger partial charge in [-0.25, -0.2) is 0 Å². The van der Waals surface area contributed by atoms with E-state index < -0.39 is 0 Å². The molecule has 1 unspecified atom stereocenters. The molecule has 1 aromatic carbocycles. The molecular formula is C22H26N5O2S+. The van der Waals surface area contributed by atoms with Gasteiger partial charge in [-0.2, -0.15) is 4.68 Å². The number of hydrogen-bond acceptors (Lipinski definition) is 5. The second-order valence-corrected chi connectivity index (χ2v) is 7.67. The molecule has 0 amide bonds. The molecule has 0 saturated carbocycles. The van der Waals surface area contributed by atoms with Gasteiger partial charge in [-0.3, -0.25) is 9.55 Å². The fourth-order valence-corrected chi connectivity index (χ4v) is 4.19. The fourth-order valence-electron chi connectivity index (χ4n) is 3.92. The summed E-state index contributed by atoms with van der Waals surface area (Å²) in [6, 6.07) is 8.09. The Morgan fingerprint density at radius 2 is 2.00 bits per heavy atom. The Balaban J connectivity index is 1.61. The second-order valence-electron chi connectivity index (χ2n) is 7.31. The zero-order valence-electron chi connectivity index (χ0n) is 17.3. The molecule has 4 rings (SSSR count). The normalized spacial score (nSPS) is 15.5. The number of rotatable bonds is 7. The molecule has 3 heterocycles. The fraction of sp³-hybridized carbons (Fsp3) is 0.318. The molecule has 8 heteroatoms. The van der Waals surface area contributed by atoms with E-state index in [-0.39, 0.29) is 0 Å². The van der Waals surface area contributed by atoms with Gasteiger partial charge in [0, 0.05) is 36.5 Å². The van der Waals surface area contributed by atoms with E-state index in [4.69, 9.17) is 26.8 Å². The maximum absolute atomic E-state index is 5.74. The number of ether oxygens (including phenoxy) is 2. The number of nitrogens with zero attached hydrogens (tertiary/aromatic N) is 4. The van der Waals surface area contributed by atoms with Gasteiger partial charge in [-0.05, 0) is 42.0 Å². The molecule has 0 saturated heterocycles. The molecule has 0 fully saturated rings. The molecule has 30 heavy (non-hydrogen) atoms. The summed E-state index contributed by atoms with van der Waals surface area (Å²) in [7, 11) is 3.34. The van der Waals surface area contributed by atoms with Crippen molar-refractivity contribution in [1.82, 2.24) is 19.3 Å². The van der Waals surface area contributed by atoms with Crippen molar-refractivity contribution in [3.05, 3.63) is 65.2 Å². The van der Waals surface area contributed by atoms with Gasteiger partial charge in [0.15, 0.2) is 24.0 Å². The van der Waals surface area contributed by atoms with Gasteiger partial charge in [-0.15, -0.1) is 11.7 Å². The first-order valence-corrected chi connectivity index (χ1v) is 10.3. The lowest BCUT2D eigenvalue weighted by Gasteiger charge is -2.26. The first-order chi connectivity index (χ1) is 14.6. The summed E-state index contributed by atoms with van der Waals surface area (Å²) in [5, 5.41) is 4.83. The zero-order chi connectivity index (χ0) is 21.1. The van der Waals surface area contributed by atoms with Crippen LogP contribution in [0, 0.1) is 4.77 Å². The second kappa shape index (κ2) is 8.81. The number of fused-ring (bicyclic) bond motifs is 1. The monoisotopic (exact) mass is 424 g/mol. The highest BCUT2D eigenvalue weighted by molar-refractivity contribution is 7.71. The molecule has 1 N–H and O–H groups in total. The van der Waals surface area contributed by atoms with Crippen molar-refractivity contribution >= 4 is 12.2 Å². The summed E-state index contributed by atoms with van der Waals surface area (Å²) in [5.74, 6) is 2.37. The van der Waals surface area contributed by atoms with Crippen LogP contribution in [0.5, 0.6) is 11.5 Å². The van der Waals surface area contributed by atoms with Gasteiger partial charge < -0.3 is 14.4 Å². The molecule has 2 aromatic heterocycles. The third kappa shape index (κ3) is 3.88. The van der Waals surface area contributed by atoms with Crippen LogP contribution in [0.3, 0.4) is 0 Å². The van der Waals surface area contributed by atoms with Crippen LogP contribution in [0.1, 0.15) is 11.1 Å². The minimum Gasteiger partial charge on any atom is -0.493 e. The van der Waals surface area contributed by atoms with Crippen LogP contribution in [-0.4, -0.2) is 40.1 Å². The van der Waals surface area contributed by atoms with E-state index in [1.165, 1.54) is 16.0 Å². The maximum Gasteiger partial charge on any atom is 0.203 e. The van der Waals surface area contributed by atoms with Crippen LogP contribution in [0.4, 0.5) is 0 Å². The Labute approximate surface area is 181 Å². The summed E-state index contributed by atoms with van der Waals surface area (Å²) in [6.45, 7) is 7.06. The van der Waals surface area contributed by atoms with Crippen LogP contribution in [0.15, 0.2) is 49.3 Å². The molecule has 3 aromatic rings. The summed E-state index contributed by atoms with van der Waals surface area (Å²) in [4.78, 5) is 5.62. The van der Waals surface area contributed by atoms with Gasteiger partial charge in [-0.1, -0.05) is 6.08 Å². The predicted molar refractivity (Wildman–Crippen MR) is 117 cm³/mol. The average Bonchev–Trinajstić information content (AvgIpc) is 3.09.